The van der Waals surface area contributed by atoms with Crippen LogP contribution < -0.4 is 24.8 Å². The van der Waals surface area contributed by atoms with Crippen LogP contribution in [0.15, 0.2) is 45.9 Å². The number of benzene rings is 2. The maximum Gasteiger partial charge on any atom is 0.191 e. The van der Waals surface area contributed by atoms with E-state index in [2.05, 4.69) is 37.6 Å². The van der Waals surface area contributed by atoms with Crippen LogP contribution in [0.2, 0.25) is 0 Å². The van der Waals surface area contributed by atoms with Crippen LogP contribution in [0.25, 0.3) is 0 Å². The van der Waals surface area contributed by atoms with E-state index in [0.29, 0.717) is 24.6 Å². The molecule has 0 saturated heterocycles. The van der Waals surface area contributed by atoms with E-state index in [1.807, 2.05) is 30.3 Å². The van der Waals surface area contributed by atoms with Gasteiger partial charge in [-0.2, -0.15) is 0 Å². The van der Waals surface area contributed by atoms with Gasteiger partial charge in [-0.3, -0.25) is 4.99 Å². The second-order valence-corrected chi connectivity index (χ2v) is 7.03. The fourth-order valence-corrected chi connectivity index (χ4v) is 3.71. The quantitative estimate of drug-likeness (QED) is 0.541. The lowest BCUT2D eigenvalue weighted by Crippen LogP contribution is -2.41. The molecule has 0 saturated carbocycles. The van der Waals surface area contributed by atoms with Gasteiger partial charge in [0.25, 0.3) is 0 Å². The van der Waals surface area contributed by atoms with Gasteiger partial charge in [0.1, 0.15) is 11.9 Å². The summed E-state index contributed by atoms with van der Waals surface area (Å²) in [4.78, 5) is 4.28. The maximum atomic E-state index is 5.95. The zero-order valence-electron chi connectivity index (χ0n) is 15.7. The summed E-state index contributed by atoms with van der Waals surface area (Å²) in [5.74, 6) is 3.06. The molecule has 1 heterocycles. The molecular formula is C20H24BrN3O3. The van der Waals surface area contributed by atoms with Crippen molar-refractivity contribution in [3.05, 3.63) is 52.0 Å². The highest BCUT2D eigenvalue weighted by Gasteiger charge is 2.22. The summed E-state index contributed by atoms with van der Waals surface area (Å²) in [7, 11) is 5.00. The number of nitrogens with zero attached hydrogens (tertiary/aromatic N) is 1. The second-order valence-electron chi connectivity index (χ2n) is 6.17. The number of nitrogens with one attached hydrogen (secondary N) is 2. The summed E-state index contributed by atoms with van der Waals surface area (Å²) in [6.07, 6.45) is 1.01. The van der Waals surface area contributed by atoms with Crippen LogP contribution in [0.1, 0.15) is 11.1 Å². The first-order chi connectivity index (χ1) is 13.1. The van der Waals surface area contributed by atoms with Crippen LogP contribution in [-0.4, -0.2) is 39.9 Å². The molecule has 0 radical (unpaired) electrons. The summed E-state index contributed by atoms with van der Waals surface area (Å²) in [5, 5.41) is 6.64. The summed E-state index contributed by atoms with van der Waals surface area (Å²) < 4.78 is 17.5. The molecular weight excluding hydrogens is 410 g/mol. The highest BCUT2D eigenvalue weighted by atomic mass is 79.9. The van der Waals surface area contributed by atoms with Crippen molar-refractivity contribution in [2.45, 2.75) is 19.1 Å². The molecule has 6 nitrogen and oxygen atoms in total. The normalized spacial score (nSPS) is 15.7. The molecule has 144 valence electrons. The maximum absolute atomic E-state index is 5.95. The first kappa shape index (κ1) is 19.4. The third-order valence-electron chi connectivity index (χ3n) is 4.39. The Kier molecular flexibility index (Phi) is 6.45. The number of aliphatic imine (C=N–C) groups is 1. The van der Waals surface area contributed by atoms with E-state index < -0.39 is 0 Å². The molecule has 7 heteroatoms. The van der Waals surface area contributed by atoms with Crippen molar-refractivity contribution in [1.82, 2.24) is 10.6 Å². The van der Waals surface area contributed by atoms with E-state index in [-0.39, 0.29) is 6.10 Å². The highest BCUT2D eigenvalue weighted by molar-refractivity contribution is 9.10. The third kappa shape index (κ3) is 4.66. The molecule has 3 rings (SSSR count). The predicted octanol–water partition coefficient (Wildman–Crippen LogP) is 3.14. The van der Waals surface area contributed by atoms with Crippen LogP contribution in [0.3, 0.4) is 0 Å². The molecule has 0 spiro atoms. The number of hydrogen-bond acceptors (Lipinski definition) is 4. The van der Waals surface area contributed by atoms with E-state index in [9.17, 15) is 0 Å². The first-order valence-corrected chi connectivity index (χ1v) is 9.53. The number of rotatable bonds is 6. The van der Waals surface area contributed by atoms with Gasteiger partial charge in [0, 0.05) is 20.0 Å². The zero-order valence-corrected chi connectivity index (χ0v) is 17.3. The van der Waals surface area contributed by atoms with Crippen molar-refractivity contribution in [2.24, 2.45) is 4.99 Å². The monoisotopic (exact) mass is 433 g/mol. The number of para-hydroxylation sites is 1. The van der Waals surface area contributed by atoms with E-state index in [4.69, 9.17) is 14.2 Å². The zero-order chi connectivity index (χ0) is 19.2. The van der Waals surface area contributed by atoms with Gasteiger partial charge < -0.3 is 24.8 Å². The molecule has 0 amide bonds. The standard InChI is InChI=1S/C20H24BrN3O3/c1-22-20(24-12-15-10-14-6-4-5-7-17(14)27-15)23-11-13-8-16(21)19(26-3)18(9-13)25-2/h4-9,15H,10-12H2,1-3H3,(H2,22,23,24). The molecule has 27 heavy (non-hydrogen) atoms. The summed E-state index contributed by atoms with van der Waals surface area (Å²) in [5.41, 5.74) is 2.30. The summed E-state index contributed by atoms with van der Waals surface area (Å²) >= 11 is 3.52. The van der Waals surface area contributed by atoms with Gasteiger partial charge in [-0.1, -0.05) is 18.2 Å². The lowest BCUT2D eigenvalue weighted by molar-refractivity contribution is 0.235. The van der Waals surface area contributed by atoms with E-state index >= 15 is 0 Å². The lowest BCUT2D eigenvalue weighted by atomic mass is 10.1. The molecule has 0 bridgehead atoms. The fraction of sp³-hybridized carbons (Fsp3) is 0.350. The number of hydrogen-bond donors (Lipinski definition) is 2. The largest absolute Gasteiger partial charge is 0.493 e. The number of halogens is 1. The number of ether oxygens (including phenoxy) is 3. The summed E-state index contributed by atoms with van der Waals surface area (Å²) in [6, 6.07) is 12.1. The highest BCUT2D eigenvalue weighted by Crippen LogP contribution is 2.36. The second kappa shape index (κ2) is 8.99. The van der Waals surface area contributed by atoms with Crippen LogP contribution >= 0.6 is 15.9 Å². The minimum atomic E-state index is 0.108. The van der Waals surface area contributed by atoms with Gasteiger partial charge in [-0.25, -0.2) is 0 Å². The van der Waals surface area contributed by atoms with Crippen molar-refractivity contribution >= 4 is 21.9 Å². The SMILES string of the molecule is CN=C(NCc1cc(Br)c(OC)c(OC)c1)NCC1Cc2ccccc2O1. The molecule has 1 aliphatic heterocycles. The Morgan fingerprint density at radius 2 is 2.04 bits per heavy atom. The Balaban J connectivity index is 1.54. The van der Waals surface area contributed by atoms with Crippen LogP contribution in [0.5, 0.6) is 17.2 Å². The molecule has 1 atom stereocenters. The van der Waals surface area contributed by atoms with Gasteiger partial charge in [0.15, 0.2) is 17.5 Å². The molecule has 0 fully saturated rings. The molecule has 1 unspecified atom stereocenters. The van der Waals surface area contributed by atoms with Crippen molar-refractivity contribution < 1.29 is 14.2 Å². The van der Waals surface area contributed by atoms with Crippen molar-refractivity contribution in [3.63, 3.8) is 0 Å². The minimum absolute atomic E-state index is 0.108. The Labute approximate surface area is 168 Å². The molecule has 2 N–H and O–H groups in total. The van der Waals surface area contributed by atoms with Gasteiger partial charge in [0.2, 0.25) is 0 Å². The average molecular weight is 434 g/mol. The molecule has 1 aliphatic rings. The Morgan fingerprint density at radius 1 is 1.22 bits per heavy atom. The molecule has 2 aromatic carbocycles. The predicted molar refractivity (Wildman–Crippen MR) is 110 cm³/mol. The minimum Gasteiger partial charge on any atom is -0.493 e. The average Bonchev–Trinajstić information content (AvgIpc) is 3.10. The van der Waals surface area contributed by atoms with E-state index in [1.165, 1.54) is 5.56 Å². The van der Waals surface area contributed by atoms with Crippen molar-refractivity contribution in [1.29, 1.82) is 0 Å². The smallest absolute Gasteiger partial charge is 0.191 e. The van der Waals surface area contributed by atoms with Gasteiger partial charge >= 0.3 is 0 Å². The molecule has 2 aromatic rings. The van der Waals surface area contributed by atoms with Crippen molar-refractivity contribution in [2.75, 3.05) is 27.8 Å². The van der Waals surface area contributed by atoms with Crippen LogP contribution in [-0.2, 0) is 13.0 Å². The van der Waals surface area contributed by atoms with Crippen LogP contribution in [0.4, 0.5) is 0 Å². The van der Waals surface area contributed by atoms with Crippen molar-refractivity contribution in [3.8, 4) is 17.2 Å². The Hall–Kier alpha value is -2.41. The Morgan fingerprint density at radius 3 is 2.74 bits per heavy atom. The first-order valence-electron chi connectivity index (χ1n) is 8.74. The van der Waals surface area contributed by atoms with Gasteiger partial charge in [-0.05, 0) is 45.3 Å². The summed E-state index contributed by atoms with van der Waals surface area (Å²) in [6.45, 7) is 1.29. The number of fused-ring (bicyclic) bond motifs is 1. The lowest BCUT2D eigenvalue weighted by Gasteiger charge is -2.16. The van der Waals surface area contributed by atoms with Gasteiger partial charge in [0.05, 0.1) is 25.2 Å². The van der Waals surface area contributed by atoms with Crippen LogP contribution in [0, 0.1) is 0 Å². The number of methoxy groups -OCH3 is 2. The molecule has 0 aliphatic carbocycles. The Bertz CT molecular complexity index is 801. The van der Waals surface area contributed by atoms with E-state index in [0.717, 1.165) is 28.2 Å². The topological polar surface area (TPSA) is 64.1 Å². The molecule has 0 aromatic heterocycles. The van der Waals surface area contributed by atoms with E-state index in [1.54, 1.807) is 21.3 Å². The fourth-order valence-electron chi connectivity index (χ4n) is 3.06. The number of guanidine groups is 1. The van der Waals surface area contributed by atoms with Gasteiger partial charge in [-0.15, -0.1) is 0 Å². The third-order valence-corrected chi connectivity index (χ3v) is 4.98.